The summed E-state index contributed by atoms with van der Waals surface area (Å²) in [6.07, 6.45) is 15.5. The second-order valence-electron chi connectivity index (χ2n) is 4.04. The summed E-state index contributed by atoms with van der Waals surface area (Å²) in [4.78, 5) is 0. The summed E-state index contributed by atoms with van der Waals surface area (Å²) >= 11 is 0. The van der Waals surface area contributed by atoms with Crippen LogP contribution in [0.3, 0.4) is 0 Å². The molecule has 2 N–H and O–H groups in total. The molecule has 0 spiro atoms. The van der Waals surface area contributed by atoms with Gasteiger partial charge in [-0.2, -0.15) is 5.10 Å². The largest absolute Gasteiger partial charge is 0.457 e. The van der Waals surface area contributed by atoms with E-state index < -0.39 is 0 Å². The van der Waals surface area contributed by atoms with Crippen molar-refractivity contribution in [3.05, 3.63) is 47.9 Å². The van der Waals surface area contributed by atoms with Crippen LogP contribution < -0.4 is 10.5 Å². The van der Waals surface area contributed by atoms with Gasteiger partial charge < -0.3 is 10.5 Å². The molecule has 1 heterocycles. The number of hydrogen-bond acceptors (Lipinski definition) is 4. The number of allylic oxidation sites excluding steroid dienone is 1. The molecule has 0 aliphatic carbocycles. The number of hydrogen-bond donors (Lipinski definition) is 1. The fraction of sp³-hybridized carbons (Fsp3) is 0.278. The number of hydrazone groups is 1. The summed E-state index contributed by atoms with van der Waals surface area (Å²) in [6.45, 7) is 8.58. The number of anilines is 1. The van der Waals surface area contributed by atoms with Crippen molar-refractivity contribution < 1.29 is 4.74 Å². The Hall–Kier alpha value is -2.67. The van der Waals surface area contributed by atoms with Crippen molar-refractivity contribution in [3.63, 3.8) is 0 Å². The number of ether oxygens (including phenoxy) is 1. The summed E-state index contributed by atoms with van der Waals surface area (Å²) in [5.74, 6) is 1.65. The molecule has 118 valence electrons. The van der Waals surface area contributed by atoms with Crippen LogP contribution in [0.4, 0.5) is 5.69 Å². The highest BCUT2D eigenvalue weighted by Crippen LogP contribution is 2.23. The quantitative estimate of drug-likeness (QED) is 0.522. The molecule has 22 heavy (non-hydrogen) atoms. The molecule has 4 heteroatoms. The third kappa shape index (κ3) is 6.19. The van der Waals surface area contributed by atoms with Crippen LogP contribution in [0.25, 0.3) is 0 Å². The van der Waals surface area contributed by atoms with Gasteiger partial charge in [-0.05, 0) is 49.8 Å². The topological polar surface area (TPSA) is 50.8 Å². The van der Waals surface area contributed by atoms with Gasteiger partial charge in [-0.15, -0.1) is 12.8 Å². The highest BCUT2D eigenvalue weighted by atomic mass is 16.5. The molecule has 0 saturated heterocycles. The van der Waals surface area contributed by atoms with Gasteiger partial charge in [0.2, 0.25) is 0 Å². The Morgan fingerprint density at radius 2 is 2.00 bits per heavy atom. The van der Waals surface area contributed by atoms with Crippen LogP contribution in [0.2, 0.25) is 0 Å². The average molecular weight is 299 g/mol. The number of nitrogen functional groups attached to an aromatic ring is 1. The number of nitrogens with two attached hydrogens (primary N) is 1. The molecule has 0 fully saturated rings. The molecule has 0 aromatic heterocycles. The van der Waals surface area contributed by atoms with E-state index in [2.05, 4.69) is 17.9 Å². The van der Waals surface area contributed by atoms with E-state index in [0.717, 1.165) is 22.8 Å². The minimum absolute atomic E-state index is 0.712. The van der Waals surface area contributed by atoms with Crippen LogP contribution >= 0.6 is 0 Å². The first-order valence-electron chi connectivity index (χ1n) is 7.20. The van der Waals surface area contributed by atoms with E-state index in [9.17, 15) is 0 Å². The lowest BCUT2D eigenvalue weighted by Crippen LogP contribution is -2.14. The van der Waals surface area contributed by atoms with Crippen molar-refractivity contribution in [3.8, 4) is 18.6 Å². The van der Waals surface area contributed by atoms with Gasteiger partial charge in [0.1, 0.15) is 11.5 Å². The first-order valence-corrected chi connectivity index (χ1v) is 7.20. The average Bonchev–Trinajstić information content (AvgIpc) is 2.56. The highest BCUT2D eigenvalue weighted by molar-refractivity contribution is 5.53. The fourth-order valence-electron chi connectivity index (χ4n) is 1.70. The molecule has 4 nitrogen and oxygen atoms in total. The number of terminal acetylenes is 1. The zero-order chi connectivity index (χ0) is 17.0. The minimum Gasteiger partial charge on any atom is -0.457 e. The maximum atomic E-state index is 5.81. The predicted molar refractivity (Wildman–Crippen MR) is 95.6 cm³/mol. The Morgan fingerprint density at radius 3 is 2.50 bits per heavy atom. The smallest absolute Gasteiger partial charge is 0.130 e. The van der Waals surface area contributed by atoms with E-state index in [1.54, 1.807) is 6.21 Å². The first kappa shape index (κ1) is 19.3. The van der Waals surface area contributed by atoms with E-state index >= 15 is 0 Å². The van der Waals surface area contributed by atoms with Crippen molar-refractivity contribution in [1.82, 2.24) is 5.01 Å². The van der Waals surface area contributed by atoms with Gasteiger partial charge in [0.15, 0.2) is 0 Å². The SMILES string of the molecule is C#C.C/C=N\N1C=CC(Oc2ccc(N)cc2C)=CC1.CC. The monoisotopic (exact) mass is 299 g/mol. The summed E-state index contributed by atoms with van der Waals surface area (Å²) in [5, 5.41) is 6.00. The Morgan fingerprint density at radius 1 is 1.32 bits per heavy atom. The highest BCUT2D eigenvalue weighted by Gasteiger charge is 2.06. The van der Waals surface area contributed by atoms with E-state index in [1.807, 2.05) is 69.3 Å². The molecule has 0 unspecified atom stereocenters. The van der Waals surface area contributed by atoms with E-state index in [1.165, 1.54) is 0 Å². The van der Waals surface area contributed by atoms with E-state index in [-0.39, 0.29) is 0 Å². The summed E-state index contributed by atoms with van der Waals surface area (Å²) in [7, 11) is 0. The minimum atomic E-state index is 0.712. The van der Waals surface area contributed by atoms with Crippen molar-refractivity contribution >= 4 is 11.9 Å². The number of nitrogens with zero attached hydrogens (tertiary/aromatic N) is 2. The van der Waals surface area contributed by atoms with Crippen molar-refractivity contribution in [1.29, 1.82) is 0 Å². The van der Waals surface area contributed by atoms with Crippen LogP contribution in [0, 0.1) is 19.8 Å². The lowest BCUT2D eigenvalue weighted by atomic mass is 10.2. The lowest BCUT2D eigenvalue weighted by molar-refractivity contribution is 0.393. The molecule has 0 atom stereocenters. The van der Waals surface area contributed by atoms with Gasteiger partial charge in [0, 0.05) is 18.1 Å². The van der Waals surface area contributed by atoms with Gasteiger partial charge >= 0.3 is 0 Å². The first-order chi connectivity index (χ1) is 10.7. The zero-order valence-corrected chi connectivity index (χ0v) is 13.8. The van der Waals surface area contributed by atoms with Crippen LogP contribution in [-0.2, 0) is 0 Å². The van der Waals surface area contributed by atoms with Crippen LogP contribution in [0.15, 0.2) is 47.4 Å². The third-order valence-corrected chi connectivity index (χ3v) is 2.58. The van der Waals surface area contributed by atoms with Gasteiger partial charge in [-0.1, -0.05) is 13.8 Å². The Bertz CT molecular complexity index is 557. The van der Waals surface area contributed by atoms with Crippen LogP contribution in [-0.4, -0.2) is 17.8 Å². The van der Waals surface area contributed by atoms with Gasteiger partial charge in [0.25, 0.3) is 0 Å². The van der Waals surface area contributed by atoms with Crippen molar-refractivity contribution in [2.24, 2.45) is 5.10 Å². The molecule has 2 rings (SSSR count). The maximum absolute atomic E-state index is 5.81. The second kappa shape index (κ2) is 11.0. The summed E-state index contributed by atoms with van der Waals surface area (Å²) < 4.78 is 5.81. The van der Waals surface area contributed by atoms with E-state index in [4.69, 9.17) is 10.5 Å². The molecule has 1 aliphatic heterocycles. The Balaban J connectivity index is 0.00000102. The van der Waals surface area contributed by atoms with Crippen LogP contribution in [0.5, 0.6) is 5.75 Å². The van der Waals surface area contributed by atoms with Gasteiger partial charge in [0.05, 0.1) is 6.54 Å². The van der Waals surface area contributed by atoms with Crippen LogP contribution in [0.1, 0.15) is 26.3 Å². The Labute approximate surface area is 134 Å². The molecular weight excluding hydrogens is 274 g/mol. The number of benzene rings is 1. The summed E-state index contributed by atoms with van der Waals surface area (Å²) in [5.41, 5.74) is 7.48. The van der Waals surface area contributed by atoms with Gasteiger partial charge in [-0.25, -0.2) is 0 Å². The lowest BCUT2D eigenvalue weighted by Gasteiger charge is -2.18. The molecule has 0 bridgehead atoms. The zero-order valence-electron chi connectivity index (χ0n) is 13.8. The number of aryl methyl sites for hydroxylation is 1. The standard InChI is InChI=1S/C14H17N3O.C2H6.C2H2/c1-3-16-17-8-6-13(7-9-17)18-14-5-4-12(15)10-11(14)2;2*1-2/h3-8,10H,9,15H2,1-2H3;1-2H3;1-2H/b16-3-;;. The number of rotatable bonds is 3. The molecule has 0 amide bonds. The summed E-state index contributed by atoms with van der Waals surface area (Å²) in [6, 6.07) is 5.62. The Kier molecular flexibility index (Phi) is 9.70. The molecule has 0 radical (unpaired) electrons. The van der Waals surface area contributed by atoms with E-state index in [0.29, 0.717) is 6.54 Å². The molecule has 0 saturated carbocycles. The fourth-order valence-corrected chi connectivity index (χ4v) is 1.70. The van der Waals surface area contributed by atoms with Crippen molar-refractivity contribution in [2.45, 2.75) is 27.7 Å². The third-order valence-electron chi connectivity index (χ3n) is 2.58. The van der Waals surface area contributed by atoms with Crippen molar-refractivity contribution in [2.75, 3.05) is 12.3 Å². The molecule has 1 aromatic rings. The molecule has 1 aromatic carbocycles. The second-order valence-corrected chi connectivity index (χ2v) is 4.04. The molecular formula is C18H25N3O. The molecule has 1 aliphatic rings. The normalized spacial score (nSPS) is 12.6. The predicted octanol–water partition coefficient (Wildman–Crippen LogP) is 3.95. The maximum Gasteiger partial charge on any atom is 0.130 e. The van der Waals surface area contributed by atoms with Gasteiger partial charge in [-0.3, -0.25) is 5.01 Å².